The number of para-hydroxylation sites is 1. The molecule has 0 saturated carbocycles. The summed E-state index contributed by atoms with van der Waals surface area (Å²) in [5.74, 6) is 1.89. The van der Waals surface area contributed by atoms with Crippen molar-refractivity contribution in [3.63, 3.8) is 0 Å². The predicted octanol–water partition coefficient (Wildman–Crippen LogP) is 5.58. The molecule has 186 valence electrons. The minimum atomic E-state index is 0.229. The maximum absolute atomic E-state index is 6.35. The van der Waals surface area contributed by atoms with Crippen LogP contribution in [-0.4, -0.2) is 66.8 Å². The lowest BCUT2D eigenvalue weighted by atomic mass is 10.1. The first-order chi connectivity index (χ1) is 17.3. The molecular weight excluding hydrogens is 434 g/mol. The van der Waals surface area contributed by atoms with E-state index < -0.39 is 0 Å². The first-order valence-corrected chi connectivity index (χ1v) is 13.5. The Morgan fingerprint density at radius 3 is 2.51 bits per heavy atom. The predicted molar refractivity (Wildman–Crippen MR) is 142 cm³/mol. The Bertz CT molecular complexity index is 1040. The van der Waals surface area contributed by atoms with Crippen LogP contribution in [0.15, 0.2) is 60.8 Å². The van der Waals surface area contributed by atoms with Crippen molar-refractivity contribution in [1.82, 2.24) is 14.8 Å². The number of aromatic nitrogens is 1. The third-order valence-electron chi connectivity index (χ3n) is 7.34. The van der Waals surface area contributed by atoms with Gasteiger partial charge in [0.25, 0.3) is 0 Å². The van der Waals surface area contributed by atoms with Crippen molar-refractivity contribution in [2.24, 2.45) is 0 Å². The summed E-state index contributed by atoms with van der Waals surface area (Å²) in [5, 5.41) is 1.13. The van der Waals surface area contributed by atoms with Crippen LogP contribution in [0, 0.1) is 0 Å². The molecule has 0 unspecified atom stereocenters. The van der Waals surface area contributed by atoms with Crippen LogP contribution in [0.5, 0.6) is 11.5 Å². The molecule has 5 rings (SSSR count). The molecule has 1 atom stereocenters. The van der Waals surface area contributed by atoms with Crippen LogP contribution >= 0.6 is 0 Å². The van der Waals surface area contributed by atoms with Crippen LogP contribution < -0.4 is 9.47 Å². The highest BCUT2D eigenvalue weighted by Crippen LogP contribution is 2.26. The van der Waals surface area contributed by atoms with Gasteiger partial charge in [-0.2, -0.15) is 0 Å². The van der Waals surface area contributed by atoms with Gasteiger partial charge >= 0.3 is 0 Å². The fourth-order valence-corrected chi connectivity index (χ4v) is 5.32. The maximum Gasteiger partial charge on any atom is 0.146 e. The van der Waals surface area contributed by atoms with E-state index in [1.807, 2.05) is 18.3 Å². The first kappa shape index (κ1) is 24.1. The summed E-state index contributed by atoms with van der Waals surface area (Å²) < 4.78 is 12.4. The SMILES string of the molecule is c1cnc2c(O[C@@H]3CCN(CCc4ccc(OCCCN5CCCCCC5)cc4)C3)cccc2c1. The second-order valence-corrected chi connectivity index (χ2v) is 10.0. The highest BCUT2D eigenvalue weighted by molar-refractivity contribution is 5.84. The summed E-state index contributed by atoms with van der Waals surface area (Å²) in [5.41, 5.74) is 2.32. The van der Waals surface area contributed by atoms with Crippen LogP contribution in [0.3, 0.4) is 0 Å². The Hall–Kier alpha value is -2.63. The van der Waals surface area contributed by atoms with Crippen LogP contribution in [0.25, 0.3) is 10.9 Å². The summed E-state index contributed by atoms with van der Waals surface area (Å²) in [6.07, 6.45) is 10.8. The Morgan fingerprint density at radius 1 is 0.829 bits per heavy atom. The van der Waals surface area contributed by atoms with Gasteiger partial charge in [0.05, 0.1) is 6.61 Å². The van der Waals surface area contributed by atoms with Crippen molar-refractivity contribution in [3.8, 4) is 11.5 Å². The van der Waals surface area contributed by atoms with E-state index in [4.69, 9.17) is 9.47 Å². The lowest BCUT2D eigenvalue weighted by molar-refractivity contribution is 0.203. The second kappa shape index (κ2) is 12.4. The Balaban J connectivity index is 1.01. The number of hydrogen-bond acceptors (Lipinski definition) is 5. The molecule has 5 nitrogen and oxygen atoms in total. The van der Waals surface area contributed by atoms with E-state index in [9.17, 15) is 0 Å². The van der Waals surface area contributed by atoms with Crippen molar-refractivity contribution >= 4 is 10.9 Å². The molecule has 2 aliphatic heterocycles. The number of nitrogens with zero attached hydrogens (tertiary/aromatic N) is 3. The minimum Gasteiger partial charge on any atom is -0.494 e. The number of rotatable bonds is 10. The standard InChI is InChI=1S/C30H39N3O2/c1-2-4-19-32(18-3-1)20-7-23-34-27-13-11-25(12-14-27)15-21-33-22-16-28(24-33)35-29-10-5-8-26-9-6-17-31-30(26)29/h5-6,8-14,17,28H,1-4,7,15-16,18-24H2/t28-/m1/s1. The highest BCUT2D eigenvalue weighted by atomic mass is 16.5. The van der Waals surface area contributed by atoms with Gasteiger partial charge in [-0.15, -0.1) is 0 Å². The topological polar surface area (TPSA) is 37.8 Å². The van der Waals surface area contributed by atoms with Crippen molar-refractivity contribution in [2.75, 3.05) is 45.9 Å². The van der Waals surface area contributed by atoms with E-state index in [0.717, 1.165) is 74.5 Å². The van der Waals surface area contributed by atoms with Crippen molar-refractivity contribution < 1.29 is 9.47 Å². The zero-order valence-electron chi connectivity index (χ0n) is 20.9. The monoisotopic (exact) mass is 473 g/mol. The van der Waals surface area contributed by atoms with Crippen LogP contribution in [0.1, 0.15) is 44.1 Å². The number of fused-ring (bicyclic) bond motifs is 1. The van der Waals surface area contributed by atoms with E-state index in [2.05, 4.69) is 57.2 Å². The van der Waals surface area contributed by atoms with Gasteiger partial charge in [-0.1, -0.05) is 43.2 Å². The molecule has 0 aliphatic carbocycles. The van der Waals surface area contributed by atoms with Gasteiger partial charge in [0.2, 0.25) is 0 Å². The van der Waals surface area contributed by atoms with Crippen LogP contribution in [0.4, 0.5) is 0 Å². The zero-order valence-corrected chi connectivity index (χ0v) is 20.9. The van der Waals surface area contributed by atoms with E-state index >= 15 is 0 Å². The molecule has 0 bridgehead atoms. The lowest BCUT2D eigenvalue weighted by Crippen LogP contribution is -2.27. The van der Waals surface area contributed by atoms with Crippen LogP contribution in [-0.2, 0) is 6.42 Å². The Morgan fingerprint density at radius 2 is 1.66 bits per heavy atom. The van der Waals surface area contributed by atoms with Gasteiger partial charge in [-0.3, -0.25) is 9.88 Å². The van der Waals surface area contributed by atoms with Gasteiger partial charge in [0.15, 0.2) is 0 Å². The molecule has 5 heteroatoms. The number of ether oxygens (including phenoxy) is 2. The van der Waals surface area contributed by atoms with Gasteiger partial charge < -0.3 is 14.4 Å². The van der Waals surface area contributed by atoms with Crippen LogP contribution in [0.2, 0.25) is 0 Å². The quantitative estimate of drug-likeness (QED) is 0.360. The Labute approximate surface area is 210 Å². The first-order valence-electron chi connectivity index (χ1n) is 13.5. The molecule has 2 aliphatic rings. The molecule has 0 spiro atoms. The fraction of sp³-hybridized carbons (Fsp3) is 0.500. The minimum absolute atomic E-state index is 0.229. The number of likely N-dealkylation sites (tertiary alicyclic amines) is 2. The molecule has 0 amide bonds. The summed E-state index contributed by atoms with van der Waals surface area (Å²) in [6, 6.07) is 18.9. The van der Waals surface area contributed by atoms with Crippen molar-refractivity contribution in [1.29, 1.82) is 0 Å². The molecule has 1 aromatic heterocycles. The number of hydrogen-bond donors (Lipinski definition) is 0. The van der Waals surface area contributed by atoms with Crippen molar-refractivity contribution in [3.05, 3.63) is 66.4 Å². The Kier molecular flexibility index (Phi) is 8.51. The molecule has 3 aromatic rings. The van der Waals surface area contributed by atoms with Gasteiger partial charge in [0, 0.05) is 37.8 Å². The number of pyridine rings is 1. The molecule has 2 aromatic carbocycles. The fourth-order valence-electron chi connectivity index (χ4n) is 5.32. The normalized spacial score (nSPS) is 19.6. The van der Waals surface area contributed by atoms with Gasteiger partial charge in [-0.25, -0.2) is 0 Å². The second-order valence-electron chi connectivity index (χ2n) is 10.0. The van der Waals surface area contributed by atoms with Gasteiger partial charge in [0.1, 0.15) is 23.1 Å². The summed E-state index contributed by atoms with van der Waals surface area (Å²) in [6.45, 7) is 7.61. The number of benzene rings is 2. The molecule has 2 fully saturated rings. The maximum atomic E-state index is 6.35. The van der Waals surface area contributed by atoms with E-state index in [-0.39, 0.29) is 6.10 Å². The van der Waals surface area contributed by atoms with E-state index in [1.165, 1.54) is 44.3 Å². The largest absolute Gasteiger partial charge is 0.494 e. The highest BCUT2D eigenvalue weighted by Gasteiger charge is 2.24. The molecular formula is C30H39N3O2. The van der Waals surface area contributed by atoms with E-state index in [1.54, 1.807) is 0 Å². The zero-order chi connectivity index (χ0) is 23.7. The summed E-state index contributed by atoms with van der Waals surface area (Å²) in [7, 11) is 0. The molecule has 35 heavy (non-hydrogen) atoms. The smallest absolute Gasteiger partial charge is 0.146 e. The lowest BCUT2D eigenvalue weighted by Gasteiger charge is -2.19. The summed E-state index contributed by atoms with van der Waals surface area (Å²) in [4.78, 5) is 9.64. The molecule has 0 radical (unpaired) electrons. The third kappa shape index (κ3) is 6.96. The molecule has 0 N–H and O–H groups in total. The van der Waals surface area contributed by atoms with E-state index in [0.29, 0.717) is 0 Å². The van der Waals surface area contributed by atoms with Crippen molar-refractivity contribution in [2.45, 2.75) is 51.0 Å². The molecule has 2 saturated heterocycles. The van der Waals surface area contributed by atoms with Gasteiger partial charge in [-0.05, 0) is 75.0 Å². The third-order valence-corrected chi connectivity index (χ3v) is 7.34. The average molecular weight is 474 g/mol. The summed E-state index contributed by atoms with van der Waals surface area (Å²) >= 11 is 0. The average Bonchev–Trinajstić information content (AvgIpc) is 3.18. The molecule has 3 heterocycles.